The van der Waals surface area contributed by atoms with E-state index in [2.05, 4.69) is 26.2 Å². The predicted molar refractivity (Wildman–Crippen MR) is 76.1 cm³/mol. The zero-order valence-electron chi connectivity index (χ0n) is 9.54. The molecule has 3 nitrogen and oxygen atoms in total. The zero-order chi connectivity index (χ0) is 13.1. The lowest BCUT2D eigenvalue weighted by atomic mass is 10.2. The number of rotatable bonds is 2. The number of aryl methyl sites for hydroxylation is 1. The van der Waals surface area contributed by atoms with Gasteiger partial charge in [0.15, 0.2) is 0 Å². The summed E-state index contributed by atoms with van der Waals surface area (Å²) in [6.07, 6.45) is 0. The van der Waals surface area contributed by atoms with E-state index in [-0.39, 0.29) is 0 Å². The minimum atomic E-state index is 0.292. The van der Waals surface area contributed by atoms with E-state index in [1.54, 1.807) is 6.07 Å². The number of benzene rings is 1. The highest BCUT2D eigenvalue weighted by Crippen LogP contribution is 2.28. The minimum absolute atomic E-state index is 0.292. The number of aromatic nitrogens is 1. The topological polar surface area (TPSA) is 48.7 Å². The summed E-state index contributed by atoms with van der Waals surface area (Å²) in [4.78, 5) is 4.13. The minimum Gasteiger partial charge on any atom is -0.339 e. The average molecular weight is 323 g/mol. The van der Waals surface area contributed by atoms with Gasteiger partial charge in [-0.05, 0) is 46.6 Å². The van der Waals surface area contributed by atoms with Crippen LogP contribution in [0.5, 0.6) is 0 Å². The molecule has 0 atom stereocenters. The number of hydrogen-bond acceptors (Lipinski definition) is 3. The third kappa shape index (κ3) is 2.81. The predicted octanol–water partition coefficient (Wildman–Crippen LogP) is 4.42. The number of pyridine rings is 1. The van der Waals surface area contributed by atoms with Crippen molar-refractivity contribution < 1.29 is 0 Å². The summed E-state index contributed by atoms with van der Waals surface area (Å²) in [6, 6.07) is 11.1. The van der Waals surface area contributed by atoms with Gasteiger partial charge in [-0.2, -0.15) is 5.26 Å². The van der Waals surface area contributed by atoms with E-state index in [1.165, 1.54) is 6.07 Å². The summed E-state index contributed by atoms with van der Waals surface area (Å²) >= 11 is 9.36. The molecule has 0 spiro atoms. The van der Waals surface area contributed by atoms with Gasteiger partial charge < -0.3 is 5.32 Å². The van der Waals surface area contributed by atoms with Gasteiger partial charge in [0, 0.05) is 4.47 Å². The molecule has 18 heavy (non-hydrogen) atoms. The Bertz CT molecular complexity index is 635. The summed E-state index contributed by atoms with van der Waals surface area (Å²) in [5, 5.41) is 12.3. The Morgan fingerprint density at radius 2 is 2.17 bits per heavy atom. The molecule has 5 heteroatoms. The summed E-state index contributed by atoms with van der Waals surface area (Å²) in [5.74, 6) is 0.547. The largest absolute Gasteiger partial charge is 0.339 e. The van der Waals surface area contributed by atoms with Crippen LogP contribution in [0.3, 0.4) is 0 Å². The van der Waals surface area contributed by atoms with Gasteiger partial charge in [0.25, 0.3) is 0 Å². The number of nitriles is 1. The van der Waals surface area contributed by atoms with Crippen LogP contribution in [-0.2, 0) is 0 Å². The first kappa shape index (κ1) is 12.9. The van der Waals surface area contributed by atoms with Gasteiger partial charge in [-0.25, -0.2) is 4.98 Å². The number of halogens is 2. The Hall–Kier alpha value is -1.57. The Labute approximate surface area is 119 Å². The van der Waals surface area contributed by atoms with Crippen molar-refractivity contribution in [3.8, 4) is 6.07 Å². The van der Waals surface area contributed by atoms with Crippen LogP contribution < -0.4 is 5.32 Å². The molecular formula is C13H9BrClN3. The van der Waals surface area contributed by atoms with Crippen molar-refractivity contribution in [3.05, 3.63) is 51.1 Å². The van der Waals surface area contributed by atoms with E-state index in [1.807, 2.05) is 31.2 Å². The molecule has 1 aromatic carbocycles. The second-order valence-electron chi connectivity index (χ2n) is 3.74. The maximum Gasteiger partial charge on any atom is 0.133 e. The lowest BCUT2D eigenvalue weighted by Gasteiger charge is -2.10. The summed E-state index contributed by atoms with van der Waals surface area (Å²) in [5.41, 5.74) is 2.47. The summed E-state index contributed by atoms with van der Waals surface area (Å²) < 4.78 is 0.963. The van der Waals surface area contributed by atoms with Gasteiger partial charge in [-0.3, -0.25) is 0 Å². The van der Waals surface area contributed by atoms with Gasteiger partial charge >= 0.3 is 0 Å². The van der Waals surface area contributed by atoms with Crippen molar-refractivity contribution in [1.29, 1.82) is 5.26 Å². The first-order chi connectivity index (χ1) is 8.60. The summed E-state index contributed by atoms with van der Waals surface area (Å²) in [6.45, 7) is 2.00. The van der Waals surface area contributed by atoms with Gasteiger partial charge in [0.1, 0.15) is 11.0 Å². The van der Waals surface area contributed by atoms with Crippen molar-refractivity contribution in [2.24, 2.45) is 0 Å². The molecule has 1 aromatic heterocycles. The fraction of sp³-hybridized carbons (Fsp3) is 0.0769. The van der Waals surface area contributed by atoms with E-state index in [4.69, 9.17) is 16.9 Å². The SMILES string of the molecule is Cc1cccc(Nc2cc(C#N)cc(Cl)n2)c1Br. The lowest BCUT2D eigenvalue weighted by molar-refractivity contribution is 1.28. The normalized spacial score (nSPS) is 9.89. The van der Waals surface area contributed by atoms with E-state index in [0.717, 1.165) is 15.7 Å². The van der Waals surface area contributed by atoms with Crippen molar-refractivity contribution in [3.63, 3.8) is 0 Å². The Kier molecular flexibility index (Phi) is 3.85. The molecule has 90 valence electrons. The van der Waals surface area contributed by atoms with Crippen LogP contribution in [0.4, 0.5) is 11.5 Å². The number of nitrogens with zero attached hydrogens (tertiary/aromatic N) is 2. The molecule has 0 amide bonds. The van der Waals surface area contributed by atoms with Crippen LogP contribution in [0.2, 0.25) is 5.15 Å². The highest BCUT2D eigenvalue weighted by molar-refractivity contribution is 9.10. The maximum atomic E-state index is 8.88. The van der Waals surface area contributed by atoms with Gasteiger partial charge in [0.2, 0.25) is 0 Å². The molecule has 2 rings (SSSR count). The van der Waals surface area contributed by atoms with E-state index in [9.17, 15) is 0 Å². The van der Waals surface area contributed by atoms with Crippen LogP contribution in [-0.4, -0.2) is 4.98 Å². The molecule has 0 saturated heterocycles. The number of nitrogens with one attached hydrogen (secondary N) is 1. The highest BCUT2D eigenvalue weighted by Gasteiger charge is 2.05. The van der Waals surface area contributed by atoms with E-state index >= 15 is 0 Å². The Morgan fingerprint density at radius 1 is 1.39 bits per heavy atom. The molecule has 1 N–H and O–H groups in total. The van der Waals surface area contributed by atoms with Crippen molar-refractivity contribution in [1.82, 2.24) is 4.98 Å². The molecule has 0 saturated carbocycles. The molecule has 0 aliphatic carbocycles. The first-order valence-electron chi connectivity index (χ1n) is 5.20. The molecule has 2 aromatic rings. The van der Waals surface area contributed by atoms with Gasteiger partial charge in [-0.1, -0.05) is 23.7 Å². The molecule has 1 heterocycles. The highest BCUT2D eigenvalue weighted by atomic mass is 79.9. The molecule has 0 radical (unpaired) electrons. The average Bonchev–Trinajstić information content (AvgIpc) is 2.34. The Balaban J connectivity index is 2.37. The molecule has 0 fully saturated rings. The quantitative estimate of drug-likeness (QED) is 0.833. The second-order valence-corrected chi connectivity index (χ2v) is 4.92. The van der Waals surface area contributed by atoms with Crippen LogP contribution in [0.15, 0.2) is 34.8 Å². The smallest absolute Gasteiger partial charge is 0.133 e. The van der Waals surface area contributed by atoms with Crippen LogP contribution in [0.1, 0.15) is 11.1 Å². The fourth-order valence-corrected chi connectivity index (χ4v) is 2.08. The molecule has 0 bridgehead atoms. The fourth-order valence-electron chi connectivity index (χ4n) is 1.51. The van der Waals surface area contributed by atoms with Gasteiger partial charge in [-0.15, -0.1) is 0 Å². The molecule has 0 unspecified atom stereocenters. The third-order valence-corrected chi connectivity index (χ3v) is 3.62. The monoisotopic (exact) mass is 321 g/mol. The van der Waals surface area contributed by atoms with Crippen LogP contribution >= 0.6 is 27.5 Å². The van der Waals surface area contributed by atoms with E-state index in [0.29, 0.717) is 16.5 Å². The standard InChI is InChI=1S/C13H9BrClN3/c1-8-3-2-4-10(13(8)14)17-12-6-9(7-16)5-11(15)18-12/h2-6H,1H3,(H,17,18). The Morgan fingerprint density at radius 3 is 2.89 bits per heavy atom. The molecule has 0 aliphatic rings. The zero-order valence-corrected chi connectivity index (χ0v) is 11.9. The molecular weight excluding hydrogens is 314 g/mol. The van der Waals surface area contributed by atoms with Crippen LogP contribution in [0, 0.1) is 18.3 Å². The third-order valence-electron chi connectivity index (χ3n) is 2.38. The van der Waals surface area contributed by atoms with Crippen molar-refractivity contribution in [2.45, 2.75) is 6.92 Å². The number of hydrogen-bond donors (Lipinski definition) is 1. The first-order valence-corrected chi connectivity index (χ1v) is 6.37. The second kappa shape index (κ2) is 5.38. The van der Waals surface area contributed by atoms with Crippen LogP contribution in [0.25, 0.3) is 0 Å². The van der Waals surface area contributed by atoms with E-state index < -0.39 is 0 Å². The number of anilines is 2. The van der Waals surface area contributed by atoms with Crippen molar-refractivity contribution >= 4 is 39.0 Å². The summed E-state index contributed by atoms with van der Waals surface area (Å²) in [7, 11) is 0. The maximum absolute atomic E-state index is 8.88. The lowest BCUT2D eigenvalue weighted by Crippen LogP contribution is -1.96. The molecule has 0 aliphatic heterocycles. The van der Waals surface area contributed by atoms with Gasteiger partial charge in [0.05, 0.1) is 17.3 Å². The van der Waals surface area contributed by atoms with Crippen molar-refractivity contribution in [2.75, 3.05) is 5.32 Å².